The van der Waals surface area contributed by atoms with Crippen LogP contribution >= 0.6 is 15.9 Å². The molecule has 0 saturated carbocycles. The number of carbonyl (C=O) groups excluding carboxylic acids is 1. The summed E-state index contributed by atoms with van der Waals surface area (Å²) in [5, 5.41) is 3.37. The highest BCUT2D eigenvalue weighted by molar-refractivity contribution is 9.10. The van der Waals surface area contributed by atoms with Crippen molar-refractivity contribution < 1.29 is 4.79 Å². The topological polar surface area (TPSA) is 97.0 Å². The molecule has 0 aliphatic rings. The van der Waals surface area contributed by atoms with Crippen LogP contribution in [-0.4, -0.2) is 41.5 Å². The molecular weight excluding hydrogens is 468 g/mol. The molecule has 0 aliphatic carbocycles. The summed E-state index contributed by atoms with van der Waals surface area (Å²) in [4.78, 5) is 28.2. The van der Waals surface area contributed by atoms with Gasteiger partial charge < -0.3 is 16.0 Å². The molecule has 32 heavy (non-hydrogen) atoms. The summed E-state index contributed by atoms with van der Waals surface area (Å²) < 4.78 is 0.924. The van der Waals surface area contributed by atoms with Gasteiger partial charge in [-0.3, -0.25) is 4.79 Å². The Kier molecular flexibility index (Phi) is 6.05. The smallest absolute Gasteiger partial charge is 0.270 e. The molecule has 0 fully saturated rings. The molecule has 0 unspecified atom stereocenters. The summed E-state index contributed by atoms with van der Waals surface area (Å²) in [7, 11) is 3.99. The predicted octanol–water partition coefficient (Wildman–Crippen LogP) is 4.52. The van der Waals surface area contributed by atoms with E-state index in [-0.39, 0.29) is 17.5 Å². The van der Waals surface area contributed by atoms with Crippen LogP contribution in [0.3, 0.4) is 0 Å². The quantitative estimate of drug-likeness (QED) is 0.426. The first-order valence-electron chi connectivity index (χ1n) is 10.2. The molecule has 0 radical (unpaired) electrons. The second-order valence-corrected chi connectivity index (χ2v) is 8.41. The SMILES string of the molecule is CCNC(=O)c1nc(N)nc2nc(-c3ccc(N(C)C)cc3)cc(-c3cccc(Br)c3)c12. The first kappa shape index (κ1) is 21.7. The molecular formula is C24H23BrN6O. The number of aromatic nitrogens is 3. The predicted molar refractivity (Wildman–Crippen MR) is 133 cm³/mol. The minimum atomic E-state index is -0.312. The van der Waals surface area contributed by atoms with E-state index in [0.717, 1.165) is 32.5 Å². The number of fused-ring (bicyclic) bond motifs is 1. The number of nitrogens with zero attached hydrogens (tertiary/aromatic N) is 4. The van der Waals surface area contributed by atoms with Crippen LogP contribution in [-0.2, 0) is 0 Å². The molecule has 2 aromatic heterocycles. The molecule has 162 valence electrons. The summed E-state index contributed by atoms with van der Waals surface area (Å²) in [6.07, 6.45) is 0. The van der Waals surface area contributed by atoms with Crippen molar-refractivity contribution in [3.63, 3.8) is 0 Å². The fraction of sp³-hybridized carbons (Fsp3) is 0.167. The highest BCUT2D eigenvalue weighted by Crippen LogP contribution is 2.34. The lowest BCUT2D eigenvalue weighted by atomic mass is 9.98. The van der Waals surface area contributed by atoms with E-state index in [1.165, 1.54) is 0 Å². The fourth-order valence-corrected chi connectivity index (χ4v) is 3.92. The Morgan fingerprint density at radius 3 is 2.44 bits per heavy atom. The van der Waals surface area contributed by atoms with Gasteiger partial charge in [0.15, 0.2) is 5.65 Å². The first-order valence-corrected chi connectivity index (χ1v) is 11.0. The number of rotatable bonds is 5. The van der Waals surface area contributed by atoms with Crippen LogP contribution < -0.4 is 16.0 Å². The Morgan fingerprint density at radius 2 is 1.78 bits per heavy atom. The highest BCUT2D eigenvalue weighted by Gasteiger charge is 2.20. The van der Waals surface area contributed by atoms with Crippen LogP contribution in [0.1, 0.15) is 17.4 Å². The number of hydrogen-bond acceptors (Lipinski definition) is 6. The summed E-state index contributed by atoms with van der Waals surface area (Å²) in [5.74, 6) is -0.306. The molecule has 4 aromatic rings. The second-order valence-electron chi connectivity index (χ2n) is 7.50. The minimum absolute atomic E-state index is 0.00607. The van der Waals surface area contributed by atoms with Crippen LogP contribution in [0.4, 0.5) is 11.6 Å². The highest BCUT2D eigenvalue weighted by atomic mass is 79.9. The third kappa shape index (κ3) is 4.27. The molecule has 2 aromatic carbocycles. The number of nitrogen functional groups attached to an aromatic ring is 1. The van der Waals surface area contributed by atoms with Crippen molar-refractivity contribution >= 4 is 44.5 Å². The number of amides is 1. The van der Waals surface area contributed by atoms with Gasteiger partial charge in [-0.2, -0.15) is 4.98 Å². The van der Waals surface area contributed by atoms with Gasteiger partial charge >= 0.3 is 0 Å². The van der Waals surface area contributed by atoms with Crippen molar-refractivity contribution in [3.8, 4) is 22.4 Å². The molecule has 0 bridgehead atoms. The average molecular weight is 491 g/mol. The average Bonchev–Trinajstić information content (AvgIpc) is 2.77. The fourth-order valence-electron chi connectivity index (χ4n) is 3.52. The minimum Gasteiger partial charge on any atom is -0.378 e. The monoisotopic (exact) mass is 490 g/mol. The maximum absolute atomic E-state index is 12.8. The van der Waals surface area contributed by atoms with Crippen LogP contribution in [0.2, 0.25) is 0 Å². The number of nitrogens with two attached hydrogens (primary N) is 1. The summed E-state index contributed by atoms with van der Waals surface area (Å²) in [6, 6.07) is 17.9. The van der Waals surface area contributed by atoms with Gasteiger partial charge in [-0.1, -0.05) is 40.2 Å². The Morgan fingerprint density at radius 1 is 1.03 bits per heavy atom. The van der Waals surface area contributed by atoms with Gasteiger partial charge in [0.05, 0.1) is 11.1 Å². The number of hydrogen-bond donors (Lipinski definition) is 2. The number of carbonyl (C=O) groups is 1. The zero-order valence-corrected chi connectivity index (χ0v) is 19.6. The molecule has 7 nitrogen and oxygen atoms in total. The van der Waals surface area contributed by atoms with Crippen molar-refractivity contribution in [1.29, 1.82) is 0 Å². The Bertz CT molecular complexity index is 1300. The summed E-state index contributed by atoms with van der Waals surface area (Å²) in [5.41, 5.74) is 11.0. The van der Waals surface area contributed by atoms with Gasteiger partial charge in [-0.15, -0.1) is 0 Å². The number of halogens is 1. The lowest BCUT2D eigenvalue weighted by molar-refractivity contribution is 0.0952. The normalized spacial score (nSPS) is 10.9. The van der Waals surface area contributed by atoms with E-state index in [2.05, 4.69) is 31.2 Å². The molecule has 3 N–H and O–H groups in total. The molecule has 2 heterocycles. The van der Waals surface area contributed by atoms with Crippen LogP contribution in [0, 0.1) is 0 Å². The van der Waals surface area contributed by atoms with Gasteiger partial charge in [0, 0.05) is 36.4 Å². The van der Waals surface area contributed by atoms with Crippen molar-refractivity contribution in [1.82, 2.24) is 20.3 Å². The van der Waals surface area contributed by atoms with Crippen LogP contribution in [0.15, 0.2) is 59.1 Å². The molecule has 4 rings (SSSR count). The maximum atomic E-state index is 12.8. The summed E-state index contributed by atoms with van der Waals surface area (Å²) >= 11 is 3.54. The van der Waals surface area contributed by atoms with Gasteiger partial charge in [0.2, 0.25) is 5.95 Å². The summed E-state index contributed by atoms with van der Waals surface area (Å²) in [6.45, 7) is 2.33. The Hall–Kier alpha value is -3.52. The van der Waals surface area contributed by atoms with Gasteiger partial charge in [-0.05, 0) is 48.4 Å². The number of nitrogens with one attached hydrogen (secondary N) is 1. The van der Waals surface area contributed by atoms with E-state index in [1.54, 1.807) is 0 Å². The Labute approximate surface area is 194 Å². The van der Waals surface area contributed by atoms with Gasteiger partial charge in [0.25, 0.3) is 5.91 Å². The Balaban J connectivity index is 2.02. The molecule has 0 atom stereocenters. The lowest BCUT2D eigenvalue weighted by Crippen LogP contribution is -2.25. The zero-order chi connectivity index (χ0) is 22.8. The third-order valence-corrected chi connectivity index (χ3v) is 5.54. The van der Waals surface area contributed by atoms with Crippen molar-refractivity contribution in [2.75, 3.05) is 31.3 Å². The van der Waals surface area contributed by atoms with Crippen molar-refractivity contribution in [2.24, 2.45) is 0 Å². The molecule has 0 aliphatic heterocycles. The standard InChI is InChI=1S/C24H23BrN6O/c1-4-27-23(32)21-20-18(15-6-5-7-16(25)12-15)13-19(28-22(20)30-24(26)29-21)14-8-10-17(11-9-14)31(2)3/h5-13H,4H2,1-3H3,(H,27,32)(H2,26,28,29,30). The first-order chi connectivity index (χ1) is 15.4. The zero-order valence-electron chi connectivity index (χ0n) is 18.1. The van der Waals surface area contributed by atoms with E-state index in [0.29, 0.717) is 17.6 Å². The van der Waals surface area contributed by atoms with Crippen molar-refractivity contribution in [2.45, 2.75) is 6.92 Å². The van der Waals surface area contributed by atoms with E-state index in [4.69, 9.17) is 10.7 Å². The lowest BCUT2D eigenvalue weighted by Gasteiger charge is -2.15. The number of anilines is 2. The molecule has 0 spiro atoms. The molecule has 1 amide bonds. The third-order valence-electron chi connectivity index (χ3n) is 5.05. The van der Waals surface area contributed by atoms with E-state index in [9.17, 15) is 4.79 Å². The van der Waals surface area contributed by atoms with E-state index >= 15 is 0 Å². The second kappa shape index (κ2) is 8.92. The van der Waals surface area contributed by atoms with E-state index in [1.807, 2.05) is 80.5 Å². The molecule has 0 saturated heterocycles. The maximum Gasteiger partial charge on any atom is 0.270 e. The number of pyridine rings is 1. The van der Waals surface area contributed by atoms with Crippen molar-refractivity contribution in [3.05, 3.63) is 64.8 Å². The van der Waals surface area contributed by atoms with Crippen LogP contribution in [0.5, 0.6) is 0 Å². The number of benzene rings is 2. The molecule has 8 heteroatoms. The van der Waals surface area contributed by atoms with Gasteiger partial charge in [-0.25, -0.2) is 9.97 Å². The van der Waals surface area contributed by atoms with E-state index < -0.39 is 0 Å². The largest absolute Gasteiger partial charge is 0.378 e. The van der Waals surface area contributed by atoms with Crippen LogP contribution in [0.25, 0.3) is 33.4 Å². The van der Waals surface area contributed by atoms with Gasteiger partial charge in [0.1, 0.15) is 5.69 Å².